The van der Waals surface area contributed by atoms with E-state index >= 15 is 0 Å². The molecule has 0 aliphatic carbocycles. The second kappa shape index (κ2) is 6.35. The Morgan fingerprint density at radius 2 is 1.92 bits per heavy atom. The van der Waals surface area contributed by atoms with Gasteiger partial charge in [-0.3, -0.25) is 0 Å². The molecule has 124 valence electrons. The van der Waals surface area contributed by atoms with E-state index in [0.717, 1.165) is 22.4 Å². The molecule has 0 fully saturated rings. The van der Waals surface area contributed by atoms with Crippen molar-refractivity contribution in [2.75, 3.05) is 7.11 Å². The Morgan fingerprint density at radius 3 is 2.68 bits per heavy atom. The Bertz CT molecular complexity index is 1120. The third-order valence-corrected chi connectivity index (χ3v) is 4.93. The van der Waals surface area contributed by atoms with Gasteiger partial charge in [0.05, 0.1) is 18.4 Å². The lowest BCUT2D eigenvalue weighted by atomic mass is 10.1. The number of thiazole rings is 1. The number of fused-ring (bicyclic) bond motifs is 1. The van der Waals surface area contributed by atoms with Gasteiger partial charge in [-0.15, -0.1) is 11.3 Å². The van der Waals surface area contributed by atoms with Gasteiger partial charge in [-0.25, -0.2) is 9.78 Å². The summed E-state index contributed by atoms with van der Waals surface area (Å²) in [7, 11) is 1.63. The molecule has 25 heavy (non-hydrogen) atoms. The first-order valence-electron chi connectivity index (χ1n) is 7.48. The number of nitrogens with zero attached hydrogens (tertiary/aromatic N) is 1. The van der Waals surface area contributed by atoms with Crippen molar-refractivity contribution in [2.45, 2.75) is 0 Å². The molecule has 0 saturated carbocycles. The summed E-state index contributed by atoms with van der Waals surface area (Å²) >= 11 is 7.42. The van der Waals surface area contributed by atoms with Crippen LogP contribution < -0.4 is 10.4 Å². The second-order valence-electron chi connectivity index (χ2n) is 5.40. The van der Waals surface area contributed by atoms with Gasteiger partial charge in [-0.2, -0.15) is 0 Å². The maximum atomic E-state index is 12.3. The Kier molecular flexibility index (Phi) is 4.03. The van der Waals surface area contributed by atoms with Crippen molar-refractivity contribution >= 4 is 33.9 Å². The molecule has 4 nitrogen and oxygen atoms in total. The molecule has 6 heteroatoms. The fourth-order valence-electron chi connectivity index (χ4n) is 2.54. The fraction of sp³-hybridized carbons (Fsp3) is 0.0526. The van der Waals surface area contributed by atoms with Gasteiger partial charge in [0, 0.05) is 21.4 Å². The molecule has 0 aliphatic heterocycles. The molecule has 2 aromatic carbocycles. The molecular formula is C19H12ClNO3S. The lowest BCUT2D eigenvalue weighted by Crippen LogP contribution is -2.02. The predicted molar refractivity (Wildman–Crippen MR) is 101 cm³/mol. The maximum absolute atomic E-state index is 12.3. The number of aromatic nitrogens is 1. The molecule has 2 heterocycles. The largest absolute Gasteiger partial charge is 0.497 e. The Morgan fingerprint density at radius 1 is 1.12 bits per heavy atom. The molecule has 0 N–H and O–H groups in total. The van der Waals surface area contributed by atoms with Crippen molar-refractivity contribution in [3.63, 3.8) is 0 Å². The van der Waals surface area contributed by atoms with Crippen LogP contribution >= 0.6 is 22.9 Å². The van der Waals surface area contributed by atoms with Crippen molar-refractivity contribution in [3.8, 4) is 27.6 Å². The number of ether oxygens (including phenoxy) is 1. The van der Waals surface area contributed by atoms with Crippen molar-refractivity contribution in [3.05, 3.63) is 69.4 Å². The molecule has 0 bridgehead atoms. The number of halogens is 1. The smallest absolute Gasteiger partial charge is 0.346 e. The maximum Gasteiger partial charge on any atom is 0.346 e. The van der Waals surface area contributed by atoms with E-state index in [1.54, 1.807) is 31.4 Å². The number of benzene rings is 2. The first-order valence-corrected chi connectivity index (χ1v) is 8.73. The standard InChI is InChI=1S/C19H12ClNO3S/c1-23-14-5-2-11(3-6-14)16-10-25-18(21-16)15-9-12-8-13(20)4-7-17(12)24-19(15)22/h2-10H,1H3. The van der Waals surface area contributed by atoms with E-state index in [1.165, 1.54) is 11.3 Å². The molecule has 4 rings (SSSR count). The van der Waals surface area contributed by atoms with Gasteiger partial charge in [0.1, 0.15) is 16.3 Å². The lowest BCUT2D eigenvalue weighted by Gasteiger charge is -2.01. The highest BCUT2D eigenvalue weighted by Crippen LogP contribution is 2.30. The first-order chi connectivity index (χ1) is 12.1. The van der Waals surface area contributed by atoms with Crippen LogP contribution in [0.1, 0.15) is 0 Å². The van der Waals surface area contributed by atoms with Crippen LogP contribution in [0.5, 0.6) is 5.75 Å². The summed E-state index contributed by atoms with van der Waals surface area (Å²) in [6, 6.07) is 14.5. The van der Waals surface area contributed by atoms with Crippen molar-refractivity contribution in [1.82, 2.24) is 4.98 Å². The molecule has 0 unspecified atom stereocenters. The molecular weight excluding hydrogens is 358 g/mol. The van der Waals surface area contributed by atoms with Crippen LogP contribution in [0, 0.1) is 0 Å². The van der Waals surface area contributed by atoms with E-state index in [9.17, 15) is 4.79 Å². The van der Waals surface area contributed by atoms with Crippen LogP contribution in [0.25, 0.3) is 32.8 Å². The van der Waals surface area contributed by atoms with Crippen LogP contribution in [-0.2, 0) is 0 Å². The molecule has 2 aromatic heterocycles. The highest BCUT2D eigenvalue weighted by molar-refractivity contribution is 7.13. The first kappa shape index (κ1) is 15.9. The van der Waals surface area contributed by atoms with Gasteiger partial charge < -0.3 is 9.15 Å². The average molecular weight is 370 g/mol. The Balaban J connectivity index is 1.77. The Hall–Kier alpha value is -2.63. The quantitative estimate of drug-likeness (QED) is 0.463. The van der Waals surface area contributed by atoms with E-state index in [-0.39, 0.29) is 0 Å². The monoisotopic (exact) mass is 369 g/mol. The summed E-state index contributed by atoms with van der Waals surface area (Å²) in [6.07, 6.45) is 0. The summed E-state index contributed by atoms with van der Waals surface area (Å²) in [5.74, 6) is 0.784. The van der Waals surface area contributed by atoms with Crippen LogP contribution in [0.2, 0.25) is 5.02 Å². The summed E-state index contributed by atoms with van der Waals surface area (Å²) in [5.41, 5.74) is 2.28. The average Bonchev–Trinajstić information content (AvgIpc) is 3.11. The third-order valence-electron chi connectivity index (χ3n) is 3.81. The summed E-state index contributed by atoms with van der Waals surface area (Å²) in [4.78, 5) is 16.9. The zero-order valence-corrected chi connectivity index (χ0v) is 14.7. The van der Waals surface area contributed by atoms with Gasteiger partial charge in [0.15, 0.2) is 0 Å². The molecule has 0 saturated heterocycles. The number of methoxy groups -OCH3 is 1. The zero-order chi connectivity index (χ0) is 17.4. The summed E-state index contributed by atoms with van der Waals surface area (Å²) in [6.45, 7) is 0. The van der Waals surface area contributed by atoms with E-state index in [2.05, 4.69) is 4.98 Å². The minimum absolute atomic E-state index is 0.412. The summed E-state index contributed by atoms with van der Waals surface area (Å²) < 4.78 is 10.5. The van der Waals surface area contributed by atoms with Crippen LogP contribution in [-0.4, -0.2) is 12.1 Å². The number of hydrogen-bond donors (Lipinski definition) is 0. The minimum atomic E-state index is -0.412. The molecule has 0 spiro atoms. The van der Waals surface area contributed by atoms with Gasteiger partial charge in [-0.1, -0.05) is 11.6 Å². The van der Waals surface area contributed by atoms with Gasteiger partial charge in [-0.05, 0) is 48.5 Å². The van der Waals surface area contributed by atoms with Crippen molar-refractivity contribution in [1.29, 1.82) is 0 Å². The summed E-state index contributed by atoms with van der Waals surface area (Å²) in [5, 5.41) is 3.88. The molecule has 4 aromatic rings. The van der Waals surface area contributed by atoms with E-state index in [1.807, 2.05) is 29.6 Å². The van der Waals surface area contributed by atoms with Crippen molar-refractivity contribution < 1.29 is 9.15 Å². The molecule has 0 aliphatic rings. The topological polar surface area (TPSA) is 52.3 Å². The highest BCUT2D eigenvalue weighted by Gasteiger charge is 2.13. The number of hydrogen-bond acceptors (Lipinski definition) is 5. The van der Waals surface area contributed by atoms with Gasteiger partial charge in [0.2, 0.25) is 0 Å². The minimum Gasteiger partial charge on any atom is -0.497 e. The third kappa shape index (κ3) is 3.04. The molecule has 0 amide bonds. The van der Waals surface area contributed by atoms with E-state index in [0.29, 0.717) is 21.2 Å². The van der Waals surface area contributed by atoms with Crippen LogP contribution in [0.15, 0.2) is 63.1 Å². The van der Waals surface area contributed by atoms with Crippen molar-refractivity contribution in [2.24, 2.45) is 0 Å². The molecule has 0 radical (unpaired) electrons. The van der Waals surface area contributed by atoms with E-state index < -0.39 is 5.63 Å². The zero-order valence-electron chi connectivity index (χ0n) is 13.2. The lowest BCUT2D eigenvalue weighted by molar-refractivity contribution is 0.415. The highest BCUT2D eigenvalue weighted by atomic mass is 35.5. The SMILES string of the molecule is COc1ccc(-c2csc(-c3cc4cc(Cl)ccc4oc3=O)n2)cc1. The van der Waals surface area contributed by atoms with Crippen LogP contribution in [0.3, 0.4) is 0 Å². The predicted octanol–water partition coefficient (Wildman–Crippen LogP) is 5.25. The number of rotatable bonds is 3. The van der Waals surface area contributed by atoms with Gasteiger partial charge >= 0.3 is 5.63 Å². The fourth-order valence-corrected chi connectivity index (χ4v) is 3.55. The van der Waals surface area contributed by atoms with E-state index in [4.69, 9.17) is 20.8 Å². The second-order valence-corrected chi connectivity index (χ2v) is 6.69. The molecule has 0 atom stereocenters. The van der Waals surface area contributed by atoms with Crippen LogP contribution in [0.4, 0.5) is 0 Å². The normalized spacial score (nSPS) is 11.0. The Labute approximate surface area is 152 Å². The van der Waals surface area contributed by atoms with Gasteiger partial charge in [0.25, 0.3) is 0 Å².